The molecule has 3 aromatic heterocycles. The van der Waals surface area contributed by atoms with E-state index in [1.807, 2.05) is 12.1 Å². The van der Waals surface area contributed by atoms with E-state index in [4.69, 9.17) is 17.0 Å². The van der Waals surface area contributed by atoms with Gasteiger partial charge in [0, 0.05) is 36.1 Å². The van der Waals surface area contributed by atoms with Gasteiger partial charge >= 0.3 is 6.18 Å². The third-order valence-corrected chi connectivity index (χ3v) is 7.85. The number of rotatable bonds is 8. The monoisotopic (exact) mass is 557 g/mol. The number of hydrogen-bond acceptors (Lipinski definition) is 7. The molecule has 0 unspecified atom stereocenters. The van der Waals surface area contributed by atoms with Gasteiger partial charge in [-0.15, -0.1) is 11.3 Å². The minimum absolute atomic E-state index is 0.0854. The van der Waals surface area contributed by atoms with Gasteiger partial charge in [0.1, 0.15) is 28.2 Å². The largest absolute Gasteiger partial charge is 0.496 e. The molecule has 1 fully saturated rings. The zero-order valence-corrected chi connectivity index (χ0v) is 21.9. The van der Waals surface area contributed by atoms with E-state index < -0.39 is 18.5 Å². The van der Waals surface area contributed by atoms with Gasteiger partial charge in [0.05, 0.1) is 24.3 Å². The Morgan fingerprint density at radius 3 is 2.69 bits per heavy atom. The molecule has 1 aliphatic rings. The van der Waals surface area contributed by atoms with Crippen molar-refractivity contribution in [3.8, 4) is 5.75 Å². The molecule has 204 valence electrons. The number of nitrogens with one attached hydrogen (secondary N) is 1. The Balaban J connectivity index is 1.27. The number of hydrogen-bond donors (Lipinski definition) is 2. The number of nitrogens with two attached hydrogens (primary N) is 1. The van der Waals surface area contributed by atoms with Crippen LogP contribution >= 0.6 is 11.3 Å². The number of primary amides is 1. The number of aromatic nitrogens is 3. The summed E-state index contributed by atoms with van der Waals surface area (Å²) in [6.07, 6.45) is -2.21. The number of anilines is 1. The van der Waals surface area contributed by atoms with Crippen molar-refractivity contribution in [3.63, 3.8) is 0 Å². The number of fused-ring (bicyclic) bond motifs is 2. The number of methoxy groups -OCH3 is 1. The van der Waals surface area contributed by atoms with Crippen molar-refractivity contribution in [3.05, 3.63) is 52.5 Å². The topological polar surface area (TPSA) is 103 Å². The molecule has 0 bridgehead atoms. The number of carbonyl (C=O) groups excluding carboxylic acids is 1. The molecular formula is C26H26F3N7O2S. The normalized spacial score (nSPS) is 15.1. The third kappa shape index (κ3) is 5.76. The van der Waals surface area contributed by atoms with Gasteiger partial charge in [-0.1, -0.05) is 6.57 Å². The Morgan fingerprint density at radius 2 is 2.03 bits per heavy atom. The van der Waals surface area contributed by atoms with E-state index in [0.29, 0.717) is 39.7 Å². The van der Waals surface area contributed by atoms with Crippen molar-refractivity contribution in [2.24, 2.45) is 5.73 Å². The van der Waals surface area contributed by atoms with Crippen molar-refractivity contribution in [2.75, 3.05) is 25.5 Å². The van der Waals surface area contributed by atoms with E-state index in [2.05, 4.69) is 25.0 Å². The molecule has 3 N–H and O–H groups in total. The summed E-state index contributed by atoms with van der Waals surface area (Å²) in [6.45, 7) is 9.62. The summed E-state index contributed by atoms with van der Waals surface area (Å²) < 4.78 is 45.9. The van der Waals surface area contributed by atoms with E-state index in [-0.39, 0.29) is 17.5 Å². The molecule has 5 rings (SSSR count). The Bertz CT molecular complexity index is 1570. The van der Waals surface area contributed by atoms with Crippen LogP contribution < -0.4 is 15.8 Å². The fraction of sp³-hybridized carbons (Fsp3) is 0.385. The molecule has 4 aromatic rings. The molecular weight excluding hydrogens is 531 g/mol. The predicted octanol–water partition coefficient (Wildman–Crippen LogP) is 4.87. The van der Waals surface area contributed by atoms with Gasteiger partial charge in [0.2, 0.25) is 5.82 Å². The highest BCUT2D eigenvalue weighted by molar-refractivity contribution is 7.18. The first kappa shape index (κ1) is 26.7. The lowest BCUT2D eigenvalue weighted by Gasteiger charge is -2.33. The van der Waals surface area contributed by atoms with Gasteiger partial charge in [-0.25, -0.2) is 9.97 Å². The van der Waals surface area contributed by atoms with Crippen LogP contribution in [-0.4, -0.2) is 57.8 Å². The maximum Gasteiger partial charge on any atom is 0.393 e. The van der Waals surface area contributed by atoms with E-state index in [1.54, 1.807) is 17.7 Å². The molecule has 1 saturated heterocycles. The van der Waals surface area contributed by atoms with Crippen LogP contribution in [-0.2, 0) is 24.3 Å². The number of carbonyl (C=O) groups is 1. The average Bonchev–Trinajstić information content (AvgIpc) is 3.44. The van der Waals surface area contributed by atoms with Crippen LogP contribution in [0.4, 0.5) is 24.8 Å². The number of amides is 1. The third-order valence-electron chi connectivity index (χ3n) is 6.81. The SMILES string of the molecule is [C-]#[N+]c1cc2c(OC)c(CN3CCC(Nc4ncnc5sc(CC(F)(F)F)cc45)CC3)ccc2n1CC(N)=O. The van der Waals surface area contributed by atoms with E-state index in [0.717, 1.165) is 48.2 Å². The van der Waals surface area contributed by atoms with Crippen LogP contribution in [0.5, 0.6) is 5.75 Å². The number of ether oxygens (including phenoxy) is 1. The second-order valence-electron chi connectivity index (χ2n) is 9.50. The van der Waals surface area contributed by atoms with Crippen LogP contribution in [0, 0.1) is 6.57 Å². The van der Waals surface area contributed by atoms with Gasteiger partial charge in [-0.2, -0.15) is 13.2 Å². The zero-order valence-electron chi connectivity index (χ0n) is 21.1. The van der Waals surface area contributed by atoms with Crippen LogP contribution in [0.3, 0.4) is 0 Å². The summed E-state index contributed by atoms with van der Waals surface area (Å²) in [5, 5.41) is 4.79. The molecule has 39 heavy (non-hydrogen) atoms. The van der Waals surface area contributed by atoms with Gasteiger partial charge < -0.3 is 20.6 Å². The smallest absolute Gasteiger partial charge is 0.393 e. The lowest BCUT2D eigenvalue weighted by atomic mass is 10.0. The number of thiophene rings is 1. The molecule has 1 amide bonds. The highest BCUT2D eigenvalue weighted by Crippen LogP contribution is 2.37. The van der Waals surface area contributed by atoms with Crippen molar-refractivity contribution >= 4 is 50.0 Å². The minimum atomic E-state index is -4.27. The van der Waals surface area contributed by atoms with Gasteiger partial charge in [0.25, 0.3) is 5.91 Å². The maximum absolute atomic E-state index is 12.9. The first-order valence-electron chi connectivity index (χ1n) is 12.3. The van der Waals surface area contributed by atoms with E-state index >= 15 is 0 Å². The Labute approximate surface area is 226 Å². The molecule has 0 aliphatic carbocycles. The molecule has 1 aromatic carbocycles. The number of halogens is 3. The fourth-order valence-corrected chi connectivity index (χ4v) is 6.12. The molecule has 1 aliphatic heterocycles. The van der Waals surface area contributed by atoms with E-state index in [1.165, 1.54) is 12.4 Å². The average molecular weight is 558 g/mol. The first-order valence-corrected chi connectivity index (χ1v) is 13.1. The number of nitrogens with zero attached hydrogens (tertiary/aromatic N) is 5. The molecule has 0 saturated carbocycles. The lowest BCUT2D eigenvalue weighted by Crippen LogP contribution is -2.38. The zero-order chi connectivity index (χ0) is 27.7. The second-order valence-corrected chi connectivity index (χ2v) is 10.6. The van der Waals surface area contributed by atoms with Crippen molar-refractivity contribution in [1.29, 1.82) is 0 Å². The summed E-state index contributed by atoms with van der Waals surface area (Å²) >= 11 is 1.04. The highest BCUT2D eigenvalue weighted by atomic mass is 32.1. The molecule has 9 nitrogen and oxygen atoms in total. The standard InChI is InChI=1S/C26H26F3N7O2S/c1-31-22-10-18-20(36(22)13-21(30)37)4-3-15(23(18)38-2)12-35-7-5-16(6-8-35)34-24-19-9-17(11-26(27,28)29)39-25(19)33-14-32-24/h3-4,9-10,14,16H,5-8,11-13H2,2H3,(H2,30,37)(H,32,33,34). The Hall–Kier alpha value is -3.89. The Kier molecular flexibility index (Phi) is 7.33. The first-order chi connectivity index (χ1) is 18.6. The van der Waals surface area contributed by atoms with Crippen molar-refractivity contribution < 1.29 is 22.7 Å². The maximum atomic E-state index is 12.9. The summed E-state index contributed by atoms with van der Waals surface area (Å²) in [6, 6.07) is 7.20. The minimum Gasteiger partial charge on any atom is -0.496 e. The summed E-state index contributed by atoms with van der Waals surface area (Å²) in [5.74, 6) is 1.02. The fourth-order valence-electron chi connectivity index (χ4n) is 5.09. The van der Waals surface area contributed by atoms with Crippen LogP contribution in [0.1, 0.15) is 23.3 Å². The van der Waals surface area contributed by atoms with Crippen LogP contribution in [0.25, 0.3) is 26.0 Å². The number of benzene rings is 1. The van der Waals surface area contributed by atoms with Crippen molar-refractivity contribution in [2.45, 2.75) is 44.6 Å². The number of alkyl halides is 3. The molecule has 13 heteroatoms. The highest BCUT2D eigenvalue weighted by Gasteiger charge is 2.29. The van der Waals surface area contributed by atoms with Crippen molar-refractivity contribution in [1.82, 2.24) is 19.4 Å². The van der Waals surface area contributed by atoms with Gasteiger partial charge in [-0.05, 0) is 37.1 Å². The summed E-state index contributed by atoms with van der Waals surface area (Å²) in [4.78, 5) is 26.6. The molecule has 0 atom stereocenters. The summed E-state index contributed by atoms with van der Waals surface area (Å²) in [7, 11) is 1.59. The molecule has 4 heterocycles. The summed E-state index contributed by atoms with van der Waals surface area (Å²) in [5.41, 5.74) is 7.06. The number of likely N-dealkylation sites (tertiary alicyclic amines) is 1. The quantitative estimate of drug-likeness (QED) is 0.300. The van der Waals surface area contributed by atoms with Crippen LogP contribution in [0.2, 0.25) is 0 Å². The second kappa shape index (κ2) is 10.7. The van der Waals surface area contributed by atoms with Gasteiger partial charge in [-0.3, -0.25) is 14.3 Å². The van der Waals surface area contributed by atoms with Gasteiger partial charge in [0.15, 0.2) is 6.54 Å². The molecule has 0 spiro atoms. The molecule has 0 radical (unpaired) electrons. The Morgan fingerprint density at radius 1 is 1.26 bits per heavy atom. The predicted molar refractivity (Wildman–Crippen MR) is 143 cm³/mol. The number of piperidine rings is 1. The lowest BCUT2D eigenvalue weighted by molar-refractivity contribution is -0.126. The van der Waals surface area contributed by atoms with Crippen LogP contribution in [0.15, 0.2) is 30.6 Å². The van der Waals surface area contributed by atoms with E-state index in [9.17, 15) is 18.0 Å².